The molecule has 2 aromatic heterocycles. The van der Waals surface area contributed by atoms with Crippen LogP contribution in [0.4, 0.5) is 11.8 Å². The van der Waals surface area contributed by atoms with Gasteiger partial charge in [-0.25, -0.2) is 4.98 Å². The minimum Gasteiger partial charge on any atom is -0.493 e. The van der Waals surface area contributed by atoms with Crippen LogP contribution < -0.4 is 20.9 Å². The summed E-state index contributed by atoms with van der Waals surface area (Å²) in [6.07, 6.45) is 9.68. The topological polar surface area (TPSA) is 142 Å². The van der Waals surface area contributed by atoms with Crippen LogP contribution in [0, 0.1) is 0 Å². The molecule has 0 aliphatic carbocycles. The summed E-state index contributed by atoms with van der Waals surface area (Å²) in [5.74, 6) is 0.961. The number of hydrogen-bond donors (Lipinski definition) is 2. The van der Waals surface area contributed by atoms with Crippen LogP contribution in [-0.4, -0.2) is 51.6 Å². The number of carbonyl (C=O) groups excluding carboxylic acids is 1. The van der Waals surface area contributed by atoms with E-state index in [1.54, 1.807) is 30.7 Å². The lowest BCUT2D eigenvalue weighted by molar-refractivity contribution is 0.104. The van der Waals surface area contributed by atoms with Gasteiger partial charge in [0.05, 0.1) is 32.0 Å². The van der Waals surface area contributed by atoms with Crippen LogP contribution in [0.2, 0.25) is 0 Å². The van der Waals surface area contributed by atoms with Crippen LogP contribution in [0.3, 0.4) is 0 Å². The zero-order valence-corrected chi connectivity index (χ0v) is 21.7. The highest BCUT2D eigenvalue weighted by Gasteiger charge is 2.27. The van der Waals surface area contributed by atoms with Crippen molar-refractivity contribution in [2.24, 2.45) is 0 Å². The van der Waals surface area contributed by atoms with Gasteiger partial charge in [-0.3, -0.25) is 4.79 Å². The summed E-state index contributed by atoms with van der Waals surface area (Å²) < 4.78 is 11.1. The first-order valence-corrected chi connectivity index (χ1v) is 12.4. The predicted molar refractivity (Wildman–Crippen MR) is 147 cm³/mol. The number of carbonyl (C=O) groups is 1. The van der Waals surface area contributed by atoms with Crippen LogP contribution in [0.15, 0.2) is 73.3 Å². The van der Waals surface area contributed by atoms with Crippen molar-refractivity contribution in [3.63, 3.8) is 0 Å². The molecular weight excluding hydrogens is 494 g/mol. The van der Waals surface area contributed by atoms with Gasteiger partial charge in [0.15, 0.2) is 17.3 Å². The number of nitrogens with two attached hydrogens (primary N) is 2. The number of fused-ring (bicyclic) bond motifs is 1. The first-order chi connectivity index (χ1) is 19.0. The largest absolute Gasteiger partial charge is 0.493 e. The van der Waals surface area contributed by atoms with E-state index in [1.807, 2.05) is 30.5 Å². The molecule has 0 fully saturated rings. The zero-order chi connectivity index (χ0) is 27.4. The van der Waals surface area contributed by atoms with E-state index in [0.29, 0.717) is 29.0 Å². The van der Waals surface area contributed by atoms with Gasteiger partial charge >= 0.3 is 0 Å². The molecule has 1 unspecified atom stereocenters. The zero-order valence-electron chi connectivity index (χ0n) is 21.7. The Hall–Kier alpha value is -4.99. The Morgan fingerprint density at radius 2 is 1.95 bits per heavy atom. The first-order valence-electron chi connectivity index (χ1n) is 12.4. The molecule has 2 aromatic carbocycles. The molecule has 4 aromatic rings. The van der Waals surface area contributed by atoms with Gasteiger partial charge in [-0.15, -0.1) is 0 Å². The fraction of sp³-hybridized carbons (Fsp3) is 0.207. The van der Waals surface area contributed by atoms with Gasteiger partial charge in [0.25, 0.3) is 0 Å². The standard InChI is InChI=1S/C29H29N7O3/c1-38-25-15-18(13-21-16-32-29(31)35-28(21)30)14-23(27(25)39-2)24(37)9-12-36-11-8-19-5-3-4-6-22(19)26(36)20-7-10-33-34-17-20/h3-7,9-10,12,14-17,26H,8,11,13H2,1-2H3,(H4,30,31,32,35)/b12-9+. The SMILES string of the molecule is COc1cc(Cc2cnc(N)nc2N)cc(C(=O)/C=C/N2CCc3ccccc3C2c2ccnnc2)c1OC. The number of nitrogen functional groups attached to an aromatic ring is 2. The lowest BCUT2D eigenvalue weighted by Gasteiger charge is -2.36. The number of allylic oxidation sites excluding steroid dienone is 1. The smallest absolute Gasteiger partial charge is 0.221 e. The van der Waals surface area contributed by atoms with Crippen molar-refractivity contribution >= 4 is 17.5 Å². The molecule has 0 amide bonds. The van der Waals surface area contributed by atoms with Gasteiger partial charge in [0.2, 0.25) is 5.95 Å². The van der Waals surface area contributed by atoms with Gasteiger partial charge in [-0.05, 0) is 41.3 Å². The normalized spacial score (nSPS) is 14.7. The van der Waals surface area contributed by atoms with Gasteiger partial charge in [0.1, 0.15) is 5.82 Å². The van der Waals surface area contributed by atoms with Crippen LogP contribution in [0.5, 0.6) is 11.5 Å². The molecule has 39 heavy (non-hydrogen) atoms. The summed E-state index contributed by atoms with van der Waals surface area (Å²) >= 11 is 0. The molecule has 0 saturated heterocycles. The van der Waals surface area contributed by atoms with E-state index in [2.05, 4.69) is 37.2 Å². The molecule has 3 heterocycles. The monoisotopic (exact) mass is 523 g/mol. The number of aromatic nitrogens is 4. The molecule has 4 N–H and O–H groups in total. The maximum absolute atomic E-state index is 13.6. The Morgan fingerprint density at radius 1 is 1.10 bits per heavy atom. The van der Waals surface area contributed by atoms with Crippen molar-refractivity contribution in [3.05, 3.63) is 107 Å². The van der Waals surface area contributed by atoms with Gasteiger partial charge in [-0.1, -0.05) is 24.3 Å². The predicted octanol–water partition coefficient (Wildman–Crippen LogP) is 3.38. The summed E-state index contributed by atoms with van der Waals surface area (Å²) in [4.78, 5) is 23.8. The van der Waals surface area contributed by atoms with Gasteiger partial charge < -0.3 is 25.8 Å². The number of ether oxygens (including phenoxy) is 2. The van der Waals surface area contributed by atoms with Crippen LogP contribution >= 0.6 is 0 Å². The highest BCUT2D eigenvalue weighted by molar-refractivity contribution is 6.07. The van der Waals surface area contributed by atoms with Crippen LogP contribution in [-0.2, 0) is 12.8 Å². The number of anilines is 2. The maximum atomic E-state index is 13.6. The van der Waals surface area contributed by atoms with E-state index in [-0.39, 0.29) is 23.6 Å². The third-order valence-corrected chi connectivity index (χ3v) is 6.78. The second-order valence-corrected chi connectivity index (χ2v) is 9.14. The molecule has 1 aliphatic heterocycles. The summed E-state index contributed by atoms with van der Waals surface area (Å²) in [5, 5.41) is 8.01. The lowest BCUT2D eigenvalue weighted by atomic mass is 9.89. The Bertz CT molecular complexity index is 1530. The van der Waals surface area contributed by atoms with E-state index in [1.165, 1.54) is 25.3 Å². The van der Waals surface area contributed by atoms with Crippen molar-refractivity contribution in [1.29, 1.82) is 0 Å². The van der Waals surface area contributed by atoms with E-state index in [0.717, 1.165) is 24.1 Å². The Kier molecular flexibility index (Phi) is 7.35. The molecule has 1 aliphatic rings. The lowest BCUT2D eigenvalue weighted by Crippen LogP contribution is -2.32. The third-order valence-electron chi connectivity index (χ3n) is 6.78. The van der Waals surface area contributed by atoms with Gasteiger partial charge in [0, 0.05) is 48.8 Å². The molecule has 10 heteroatoms. The average Bonchev–Trinajstić information content (AvgIpc) is 2.96. The highest BCUT2D eigenvalue weighted by Crippen LogP contribution is 2.36. The molecule has 198 valence electrons. The molecule has 0 radical (unpaired) electrons. The van der Waals surface area contributed by atoms with Crippen LogP contribution in [0.1, 0.15) is 44.2 Å². The number of nitrogens with zero attached hydrogens (tertiary/aromatic N) is 5. The maximum Gasteiger partial charge on any atom is 0.221 e. The number of benzene rings is 2. The van der Waals surface area contributed by atoms with Crippen molar-refractivity contribution in [3.8, 4) is 11.5 Å². The second-order valence-electron chi connectivity index (χ2n) is 9.14. The molecule has 10 nitrogen and oxygen atoms in total. The fourth-order valence-corrected chi connectivity index (χ4v) is 4.93. The highest BCUT2D eigenvalue weighted by atomic mass is 16.5. The molecule has 1 atom stereocenters. The second kappa shape index (κ2) is 11.2. The van der Waals surface area contributed by atoms with Crippen molar-refractivity contribution < 1.29 is 14.3 Å². The Labute approximate surface area is 226 Å². The molecular formula is C29H29N7O3. The number of ketones is 1. The summed E-state index contributed by atoms with van der Waals surface area (Å²) in [7, 11) is 3.04. The summed E-state index contributed by atoms with van der Waals surface area (Å²) in [6, 6.07) is 13.8. The number of methoxy groups -OCH3 is 2. The Morgan fingerprint density at radius 3 is 2.69 bits per heavy atom. The number of hydrogen-bond acceptors (Lipinski definition) is 10. The fourth-order valence-electron chi connectivity index (χ4n) is 4.93. The van der Waals surface area contributed by atoms with Crippen molar-refractivity contribution in [1.82, 2.24) is 25.1 Å². The van der Waals surface area contributed by atoms with Crippen LogP contribution in [0.25, 0.3) is 0 Å². The van der Waals surface area contributed by atoms with E-state index < -0.39 is 0 Å². The molecule has 0 bridgehead atoms. The average molecular weight is 524 g/mol. The number of rotatable bonds is 8. The molecule has 0 saturated carbocycles. The van der Waals surface area contributed by atoms with E-state index >= 15 is 0 Å². The minimum atomic E-state index is -0.223. The molecule has 5 rings (SSSR count). The van der Waals surface area contributed by atoms with E-state index in [9.17, 15) is 4.79 Å². The molecule has 0 spiro atoms. The summed E-state index contributed by atoms with van der Waals surface area (Å²) in [5.41, 5.74) is 17.0. The van der Waals surface area contributed by atoms with Gasteiger partial charge in [-0.2, -0.15) is 15.2 Å². The first kappa shape index (κ1) is 25.7. The summed E-state index contributed by atoms with van der Waals surface area (Å²) in [6.45, 7) is 0.741. The minimum absolute atomic E-state index is 0.0919. The van der Waals surface area contributed by atoms with E-state index in [4.69, 9.17) is 20.9 Å². The quantitative estimate of drug-likeness (QED) is 0.261. The third kappa shape index (κ3) is 5.35. The van der Waals surface area contributed by atoms with Crippen molar-refractivity contribution in [2.75, 3.05) is 32.2 Å². The Balaban J connectivity index is 1.48. The van der Waals surface area contributed by atoms with Crippen molar-refractivity contribution in [2.45, 2.75) is 18.9 Å².